The first-order chi connectivity index (χ1) is 5.77. The second-order valence-electron chi connectivity index (χ2n) is 2.50. The van der Waals surface area contributed by atoms with Crippen molar-refractivity contribution in [3.05, 3.63) is 36.5 Å². The zero-order valence-electron chi connectivity index (χ0n) is 7.84. The van der Waals surface area contributed by atoms with Gasteiger partial charge in [0.1, 0.15) is 0 Å². The SMILES string of the molecule is C=C(C)/C=C\C=C/CSCNC. The predicted octanol–water partition coefficient (Wildman–Crippen LogP) is 2.59. The van der Waals surface area contributed by atoms with Gasteiger partial charge in [-0.1, -0.05) is 36.5 Å². The Hall–Kier alpha value is -0.470. The molecule has 0 aromatic carbocycles. The summed E-state index contributed by atoms with van der Waals surface area (Å²) in [5, 5.41) is 3.07. The molecule has 2 heteroatoms. The summed E-state index contributed by atoms with van der Waals surface area (Å²) in [7, 11) is 1.96. The van der Waals surface area contributed by atoms with Crippen molar-refractivity contribution >= 4 is 11.8 Å². The Labute approximate surface area is 79.6 Å². The summed E-state index contributed by atoms with van der Waals surface area (Å²) in [4.78, 5) is 0. The quantitative estimate of drug-likeness (QED) is 0.386. The highest BCUT2D eigenvalue weighted by molar-refractivity contribution is 7.99. The minimum Gasteiger partial charge on any atom is -0.311 e. The molecule has 0 aliphatic carbocycles. The summed E-state index contributed by atoms with van der Waals surface area (Å²) in [5.41, 5.74) is 1.09. The molecule has 0 rings (SSSR count). The van der Waals surface area contributed by atoms with Gasteiger partial charge >= 0.3 is 0 Å². The summed E-state index contributed by atoms with van der Waals surface area (Å²) in [6.07, 6.45) is 8.21. The van der Waals surface area contributed by atoms with Crippen molar-refractivity contribution in [3.8, 4) is 0 Å². The van der Waals surface area contributed by atoms with Gasteiger partial charge in [-0.05, 0) is 14.0 Å². The number of hydrogen-bond donors (Lipinski definition) is 1. The molecular formula is C10H17NS. The Bertz CT molecular complexity index is 171. The molecule has 1 N–H and O–H groups in total. The first kappa shape index (κ1) is 11.5. The summed E-state index contributed by atoms with van der Waals surface area (Å²) in [6.45, 7) is 5.75. The molecule has 0 aliphatic heterocycles. The maximum Gasteiger partial charge on any atom is 0.0418 e. The van der Waals surface area contributed by atoms with Gasteiger partial charge in [0.05, 0.1) is 0 Å². The lowest BCUT2D eigenvalue weighted by atomic mass is 10.3. The topological polar surface area (TPSA) is 12.0 Å². The van der Waals surface area contributed by atoms with Gasteiger partial charge in [0, 0.05) is 11.6 Å². The van der Waals surface area contributed by atoms with Crippen LogP contribution in [-0.2, 0) is 0 Å². The lowest BCUT2D eigenvalue weighted by Gasteiger charge is -1.92. The van der Waals surface area contributed by atoms with Crippen molar-refractivity contribution < 1.29 is 0 Å². The van der Waals surface area contributed by atoms with E-state index in [9.17, 15) is 0 Å². The maximum atomic E-state index is 3.77. The van der Waals surface area contributed by atoms with Crippen LogP contribution < -0.4 is 5.32 Å². The minimum atomic E-state index is 1.01. The van der Waals surface area contributed by atoms with Crippen LogP contribution in [0, 0.1) is 0 Å². The normalized spacial score (nSPS) is 11.5. The van der Waals surface area contributed by atoms with Gasteiger partial charge in [-0.2, -0.15) is 0 Å². The Kier molecular flexibility index (Phi) is 8.29. The molecule has 0 bridgehead atoms. The van der Waals surface area contributed by atoms with E-state index in [0.717, 1.165) is 17.2 Å². The third-order valence-electron chi connectivity index (χ3n) is 1.09. The average molecular weight is 183 g/mol. The van der Waals surface area contributed by atoms with Gasteiger partial charge in [0.2, 0.25) is 0 Å². The van der Waals surface area contributed by atoms with Crippen LogP contribution in [-0.4, -0.2) is 18.7 Å². The molecule has 0 fully saturated rings. The first-order valence-corrected chi connectivity index (χ1v) is 5.14. The highest BCUT2D eigenvalue weighted by Gasteiger charge is 1.78. The van der Waals surface area contributed by atoms with E-state index in [0.29, 0.717) is 0 Å². The minimum absolute atomic E-state index is 1.01. The van der Waals surface area contributed by atoms with Crippen molar-refractivity contribution in [2.24, 2.45) is 0 Å². The molecule has 0 saturated carbocycles. The van der Waals surface area contributed by atoms with Crippen molar-refractivity contribution in [2.45, 2.75) is 6.92 Å². The molecule has 1 nitrogen and oxygen atoms in total. The van der Waals surface area contributed by atoms with E-state index < -0.39 is 0 Å². The molecule has 0 aromatic rings. The highest BCUT2D eigenvalue weighted by atomic mass is 32.2. The summed E-state index contributed by atoms with van der Waals surface area (Å²) < 4.78 is 0. The van der Waals surface area contributed by atoms with Crippen LogP contribution in [0.15, 0.2) is 36.5 Å². The van der Waals surface area contributed by atoms with Gasteiger partial charge in [-0.15, -0.1) is 11.8 Å². The van der Waals surface area contributed by atoms with Crippen molar-refractivity contribution in [1.82, 2.24) is 5.32 Å². The largest absolute Gasteiger partial charge is 0.311 e. The lowest BCUT2D eigenvalue weighted by Crippen LogP contribution is -2.03. The van der Waals surface area contributed by atoms with Crippen molar-refractivity contribution in [2.75, 3.05) is 18.7 Å². The van der Waals surface area contributed by atoms with E-state index in [-0.39, 0.29) is 0 Å². The lowest BCUT2D eigenvalue weighted by molar-refractivity contribution is 0.983. The molecule has 0 aliphatic rings. The number of allylic oxidation sites excluding steroid dienone is 4. The second kappa shape index (κ2) is 8.62. The van der Waals surface area contributed by atoms with E-state index in [1.165, 1.54) is 0 Å². The molecule has 0 aromatic heterocycles. The smallest absolute Gasteiger partial charge is 0.0418 e. The first-order valence-electron chi connectivity index (χ1n) is 3.98. The standard InChI is InChI=1S/C10H17NS/c1-10(2)7-5-4-6-8-12-9-11-3/h4-7,11H,1,8-9H2,2-3H3/b6-4-,7-5-. The molecule has 0 atom stereocenters. The molecule has 12 heavy (non-hydrogen) atoms. The zero-order valence-corrected chi connectivity index (χ0v) is 8.66. The van der Waals surface area contributed by atoms with E-state index in [4.69, 9.17) is 0 Å². The van der Waals surface area contributed by atoms with Gasteiger partial charge in [-0.25, -0.2) is 0 Å². The molecule has 0 amide bonds. The van der Waals surface area contributed by atoms with E-state index in [1.807, 2.05) is 37.9 Å². The number of nitrogens with one attached hydrogen (secondary N) is 1. The van der Waals surface area contributed by atoms with Gasteiger partial charge in [-0.3, -0.25) is 0 Å². The summed E-state index contributed by atoms with van der Waals surface area (Å²) in [5.74, 6) is 2.07. The molecule has 0 unspecified atom stereocenters. The summed E-state index contributed by atoms with van der Waals surface area (Å²) in [6, 6.07) is 0. The molecule has 0 saturated heterocycles. The Morgan fingerprint density at radius 1 is 1.50 bits per heavy atom. The van der Waals surface area contributed by atoms with Crippen LogP contribution in [0.4, 0.5) is 0 Å². The number of thioether (sulfide) groups is 1. The molecular weight excluding hydrogens is 166 g/mol. The van der Waals surface area contributed by atoms with Gasteiger partial charge in [0.25, 0.3) is 0 Å². The monoisotopic (exact) mass is 183 g/mol. The van der Waals surface area contributed by atoms with E-state index >= 15 is 0 Å². The van der Waals surface area contributed by atoms with Crippen LogP contribution in [0.1, 0.15) is 6.92 Å². The average Bonchev–Trinajstić information content (AvgIpc) is 2.02. The van der Waals surface area contributed by atoms with Crippen molar-refractivity contribution in [3.63, 3.8) is 0 Å². The predicted molar refractivity (Wildman–Crippen MR) is 59.5 cm³/mol. The summed E-state index contributed by atoms with van der Waals surface area (Å²) >= 11 is 1.86. The van der Waals surface area contributed by atoms with E-state index in [2.05, 4.69) is 24.0 Å². The van der Waals surface area contributed by atoms with Crippen LogP contribution in [0.5, 0.6) is 0 Å². The Balaban J connectivity index is 3.31. The third-order valence-corrected chi connectivity index (χ3v) is 2.01. The van der Waals surface area contributed by atoms with Crippen LogP contribution in [0.25, 0.3) is 0 Å². The highest BCUT2D eigenvalue weighted by Crippen LogP contribution is 1.97. The Morgan fingerprint density at radius 2 is 2.25 bits per heavy atom. The molecule has 0 spiro atoms. The fraction of sp³-hybridized carbons (Fsp3) is 0.400. The van der Waals surface area contributed by atoms with E-state index in [1.54, 1.807) is 0 Å². The Morgan fingerprint density at radius 3 is 2.83 bits per heavy atom. The molecule has 0 radical (unpaired) electrons. The number of rotatable bonds is 6. The number of hydrogen-bond acceptors (Lipinski definition) is 2. The van der Waals surface area contributed by atoms with Crippen LogP contribution in [0.2, 0.25) is 0 Å². The van der Waals surface area contributed by atoms with Crippen LogP contribution in [0.3, 0.4) is 0 Å². The zero-order chi connectivity index (χ0) is 9.23. The second-order valence-corrected chi connectivity index (χ2v) is 3.53. The van der Waals surface area contributed by atoms with Gasteiger partial charge in [0.15, 0.2) is 0 Å². The molecule has 0 heterocycles. The fourth-order valence-corrected chi connectivity index (χ4v) is 1.15. The fourth-order valence-electron chi connectivity index (χ4n) is 0.583. The van der Waals surface area contributed by atoms with Crippen molar-refractivity contribution in [1.29, 1.82) is 0 Å². The maximum absolute atomic E-state index is 3.77. The third kappa shape index (κ3) is 9.53. The molecule has 68 valence electrons. The van der Waals surface area contributed by atoms with Gasteiger partial charge < -0.3 is 5.32 Å². The van der Waals surface area contributed by atoms with Crippen LogP contribution >= 0.6 is 11.8 Å².